The maximum Gasteiger partial charge on any atom is 0.305 e. The first kappa shape index (κ1) is 46.1. The Morgan fingerprint density at radius 2 is 0.596 bits per heavy atom. The van der Waals surface area contributed by atoms with E-state index < -0.39 is 0 Å². The second kappa shape index (κ2) is 43.1. The standard InChI is InChI=1S/C35H70O12/c1-3-4-5-6-7-8-9-10-11-12-13-14-35(36)47-34-33-46-32-31-45-30-29-44-28-27-43-26-25-42-24-23-41-22-21-40-20-19-39-18-17-38-16-15-37-2/h3-34H2,1-2H3. The minimum absolute atomic E-state index is 0.132. The molecule has 12 nitrogen and oxygen atoms in total. The Kier molecular flexibility index (Phi) is 42.2. The van der Waals surface area contributed by atoms with E-state index in [-0.39, 0.29) is 5.97 Å². The Hall–Kier alpha value is -0.930. The van der Waals surface area contributed by atoms with Crippen molar-refractivity contribution >= 4 is 5.97 Å². The summed E-state index contributed by atoms with van der Waals surface area (Å²) in [7, 11) is 1.65. The van der Waals surface area contributed by atoms with E-state index in [1.54, 1.807) is 7.11 Å². The first-order valence-corrected chi connectivity index (χ1v) is 18.2. The van der Waals surface area contributed by atoms with E-state index in [0.29, 0.717) is 139 Å². The van der Waals surface area contributed by atoms with Gasteiger partial charge in [0.1, 0.15) is 6.61 Å². The van der Waals surface area contributed by atoms with E-state index in [1.807, 2.05) is 0 Å². The van der Waals surface area contributed by atoms with Gasteiger partial charge in [0, 0.05) is 13.5 Å². The molecule has 0 atom stereocenters. The van der Waals surface area contributed by atoms with Crippen LogP contribution in [0, 0.1) is 0 Å². The summed E-state index contributed by atoms with van der Waals surface area (Å²) >= 11 is 0. The van der Waals surface area contributed by atoms with Crippen LogP contribution in [0.3, 0.4) is 0 Å². The van der Waals surface area contributed by atoms with Crippen molar-refractivity contribution in [3.8, 4) is 0 Å². The summed E-state index contributed by atoms with van der Waals surface area (Å²) in [5.74, 6) is -0.132. The molecule has 0 aromatic rings. The third-order valence-corrected chi connectivity index (χ3v) is 6.88. The highest BCUT2D eigenvalue weighted by Gasteiger charge is 2.03. The third kappa shape index (κ3) is 43.0. The number of methoxy groups -OCH3 is 1. The van der Waals surface area contributed by atoms with Crippen LogP contribution in [0.25, 0.3) is 0 Å². The molecule has 0 radical (unpaired) electrons. The van der Waals surface area contributed by atoms with Crippen molar-refractivity contribution in [3.05, 3.63) is 0 Å². The predicted molar refractivity (Wildman–Crippen MR) is 181 cm³/mol. The fourth-order valence-corrected chi connectivity index (χ4v) is 4.22. The van der Waals surface area contributed by atoms with E-state index in [2.05, 4.69) is 6.92 Å². The molecular weight excluding hydrogens is 612 g/mol. The smallest absolute Gasteiger partial charge is 0.305 e. The van der Waals surface area contributed by atoms with Crippen molar-refractivity contribution in [3.63, 3.8) is 0 Å². The third-order valence-electron chi connectivity index (χ3n) is 6.88. The van der Waals surface area contributed by atoms with Crippen LogP contribution in [0.5, 0.6) is 0 Å². The maximum absolute atomic E-state index is 11.8. The van der Waals surface area contributed by atoms with Crippen molar-refractivity contribution in [1.29, 1.82) is 0 Å². The van der Waals surface area contributed by atoms with Crippen LogP contribution in [0.2, 0.25) is 0 Å². The summed E-state index contributed by atoms with van der Waals surface area (Å²) in [4.78, 5) is 11.8. The number of unbranched alkanes of at least 4 members (excludes halogenated alkanes) is 10. The normalized spacial score (nSPS) is 11.4. The summed E-state index contributed by atoms with van der Waals surface area (Å²) in [6.07, 6.45) is 14.5. The van der Waals surface area contributed by atoms with Gasteiger partial charge < -0.3 is 52.1 Å². The quantitative estimate of drug-likeness (QED) is 0.0635. The van der Waals surface area contributed by atoms with Crippen LogP contribution < -0.4 is 0 Å². The Morgan fingerprint density at radius 1 is 0.340 bits per heavy atom. The number of rotatable bonds is 42. The Bertz CT molecular complexity index is 585. The number of hydrogen-bond donors (Lipinski definition) is 0. The van der Waals surface area contributed by atoms with Gasteiger partial charge in [0.25, 0.3) is 0 Å². The molecule has 0 aliphatic carbocycles. The van der Waals surface area contributed by atoms with Gasteiger partial charge in [-0.2, -0.15) is 0 Å². The zero-order valence-corrected chi connectivity index (χ0v) is 30.0. The van der Waals surface area contributed by atoms with E-state index in [1.165, 1.54) is 57.8 Å². The lowest BCUT2D eigenvalue weighted by Gasteiger charge is -2.09. The van der Waals surface area contributed by atoms with Crippen LogP contribution in [-0.2, 0) is 56.9 Å². The number of esters is 1. The summed E-state index contributed by atoms with van der Waals surface area (Å²) in [5, 5.41) is 0. The zero-order valence-electron chi connectivity index (χ0n) is 30.0. The minimum Gasteiger partial charge on any atom is -0.463 e. The lowest BCUT2D eigenvalue weighted by molar-refractivity contribution is -0.145. The molecule has 0 aliphatic heterocycles. The molecule has 0 heterocycles. The highest BCUT2D eigenvalue weighted by molar-refractivity contribution is 5.69. The molecule has 47 heavy (non-hydrogen) atoms. The van der Waals surface area contributed by atoms with Crippen LogP contribution in [-0.4, -0.2) is 145 Å². The molecule has 0 fully saturated rings. The molecule has 0 aromatic carbocycles. The Labute approximate surface area is 286 Å². The average Bonchev–Trinajstić information content (AvgIpc) is 3.08. The summed E-state index contributed by atoms with van der Waals surface area (Å²) in [6.45, 7) is 12.3. The van der Waals surface area contributed by atoms with Crippen LogP contribution in [0.15, 0.2) is 0 Å². The van der Waals surface area contributed by atoms with E-state index in [0.717, 1.165) is 12.8 Å². The molecule has 282 valence electrons. The lowest BCUT2D eigenvalue weighted by Crippen LogP contribution is -2.15. The van der Waals surface area contributed by atoms with Crippen molar-refractivity contribution in [2.24, 2.45) is 0 Å². The van der Waals surface area contributed by atoms with Crippen LogP contribution in [0.1, 0.15) is 84.0 Å². The molecule has 0 aliphatic rings. The van der Waals surface area contributed by atoms with E-state index in [4.69, 9.17) is 52.1 Å². The maximum atomic E-state index is 11.8. The second-order valence-electron chi connectivity index (χ2n) is 11.0. The number of carbonyl (C=O) groups excluding carboxylic acids is 1. The van der Waals surface area contributed by atoms with Gasteiger partial charge in [0.2, 0.25) is 0 Å². The first-order valence-electron chi connectivity index (χ1n) is 18.2. The zero-order chi connectivity index (χ0) is 34.0. The molecular formula is C35H70O12. The highest BCUT2D eigenvalue weighted by atomic mass is 16.6. The topological polar surface area (TPSA) is 119 Å². The molecule has 0 bridgehead atoms. The number of ether oxygens (including phenoxy) is 11. The largest absolute Gasteiger partial charge is 0.463 e. The van der Waals surface area contributed by atoms with E-state index in [9.17, 15) is 4.79 Å². The Morgan fingerprint density at radius 3 is 0.894 bits per heavy atom. The monoisotopic (exact) mass is 682 g/mol. The predicted octanol–water partition coefficient (Wildman–Crippen LogP) is 5.03. The molecule has 0 saturated carbocycles. The molecule has 12 heteroatoms. The van der Waals surface area contributed by atoms with Gasteiger partial charge in [-0.05, 0) is 6.42 Å². The Balaban J connectivity index is 3.11. The van der Waals surface area contributed by atoms with Gasteiger partial charge in [0.05, 0.1) is 126 Å². The lowest BCUT2D eigenvalue weighted by atomic mass is 10.1. The van der Waals surface area contributed by atoms with Gasteiger partial charge in [-0.1, -0.05) is 71.1 Å². The fourth-order valence-electron chi connectivity index (χ4n) is 4.22. The van der Waals surface area contributed by atoms with Gasteiger partial charge in [0.15, 0.2) is 0 Å². The van der Waals surface area contributed by atoms with Crippen molar-refractivity contribution < 1.29 is 56.9 Å². The molecule has 0 N–H and O–H groups in total. The molecule has 0 unspecified atom stereocenters. The highest BCUT2D eigenvalue weighted by Crippen LogP contribution is 2.12. The minimum atomic E-state index is -0.132. The molecule has 0 rings (SSSR count). The fraction of sp³-hybridized carbons (Fsp3) is 0.971. The number of hydrogen-bond acceptors (Lipinski definition) is 12. The molecule has 0 spiro atoms. The molecule has 0 aromatic heterocycles. The van der Waals surface area contributed by atoms with Crippen molar-refractivity contribution in [1.82, 2.24) is 0 Å². The van der Waals surface area contributed by atoms with Gasteiger partial charge in [-0.15, -0.1) is 0 Å². The van der Waals surface area contributed by atoms with Crippen LogP contribution >= 0.6 is 0 Å². The summed E-state index contributed by atoms with van der Waals surface area (Å²) in [6, 6.07) is 0. The van der Waals surface area contributed by atoms with Gasteiger partial charge in [-0.3, -0.25) is 4.79 Å². The first-order chi connectivity index (χ1) is 23.3. The average molecular weight is 683 g/mol. The summed E-state index contributed by atoms with van der Waals surface area (Å²) < 4.78 is 59.1. The molecule has 0 saturated heterocycles. The van der Waals surface area contributed by atoms with Gasteiger partial charge >= 0.3 is 5.97 Å². The van der Waals surface area contributed by atoms with E-state index >= 15 is 0 Å². The SMILES string of the molecule is CCCCCCCCCCCCCC(=O)OCCOCCOCCOCCOCCOCCOCCOCCOCCOCCOC. The van der Waals surface area contributed by atoms with Crippen LogP contribution in [0.4, 0.5) is 0 Å². The van der Waals surface area contributed by atoms with Gasteiger partial charge in [-0.25, -0.2) is 0 Å². The molecule has 0 amide bonds. The van der Waals surface area contributed by atoms with Crippen molar-refractivity contribution in [2.45, 2.75) is 84.0 Å². The summed E-state index contributed by atoms with van der Waals surface area (Å²) in [5.41, 5.74) is 0. The second-order valence-corrected chi connectivity index (χ2v) is 11.0. The number of carbonyl (C=O) groups is 1. The van der Waals surface area contributed by atoms with Crippen molar-refractivity contribution in [2.75, 3.05) is 139 Å².